The van der Waals surface area contributed by atoms with Gasteiger partial charge in [0.05, 0.1) is 5.84 Å². The number of aliphatic imine (C=N–C) groups is 1. The van der Waals surface area contributed by atoms with E-state index in [1.807, 2.05) is 47.4 Å². The molecule has 0 aliphatic carbocycles. The summed E-state index contributed by atoms with van der Waals surface area (Å²) in [5, 5.41) is 12.3. The minimum Gasteiger partial charge on any atom is -0.445 e. The van der Waals surface area contributed by atoms with E-state index in [-0.39, 0.29) is 12.5 Å². The molecular weight excluding hydrogens is 504 g/mol. The third kappa shape index (κ3) is 8.30. The van der Waals surface area contributed by atoms with E-state index in [0.717, 1.165) is 30.8 Å². The molecular formula is C31H38N6O3. The number of hydrogen-bond acceptors (Lipinski definition) is 6. The third-order valence-electron chi connectivity index (χ3n) is 7.02. The van der Waals surface area contributed by atoms with Crippen molar-refractivity contribution >= 4 is 40.5 Å². The van der Waals surface area contributed by atoms with Crippen molar-refractivity contribution < 1.29 is 14.3 Å². The van der Waals surface area contributed by atoms with E-state index in [2.05, 4.69) is 45.5 Å². The highest BCUT2D eigenvalue weighted by Gasteiger charge is 2.29. The molecule has 9 nitrogen and oxygen atoms in total. The van der Waals surface area contributed by atoms with Gasteiger partial charge in [0.2, 0.25) is 5.91 Å². The van der Waals surface area contributed by atoms with Gasteiger partial charge >= 0.3 is 6.09 Å². The first-order valence-corrected chi connectivity index (χ1v) is 13.8. The van der Waals surface area contributed by atoms with Crippen LogP contribution in [0.1, 0.15) is 31.2 Å². The fraction of sp³-hybridized carbons (Fsp3) is 0.355. The van der Waals surface area contributed by atoms with Crippen LogP contribution in [0, 0.1) is 5.41 Å². The number of alkyl carbamates (subject to hydrolysis) is 1. The van der Waals surface area contributed by atoms with Crippen molar-refractivity contribution in [1.82, 2.24) is 10.2 Å². The van der Waals surface area contributed by atoms with Crippen molar-refractivity contribution in [1.29, 1.82) is 5.41 Å². The Hall–Kier alpha value is -4.40. The zero-order valence-electron chi connectivity index (χ0n) is 22.8. The van der Waals surface area contributed by atoms with Crippen molar-refractivity contribution in [3.63, 3.8) is 0 Å². The van der Waals surface area contributed by atoms with Crippen molar-refractivity contribution in [3.8, 4) is 0 Å². The van der Waals surface area contributed by atoms with Crippen LogP contribution in [0.15, 0.2) is 77.8 Å². The molecule has 1 saturated heterocycles. The molecule has 0 aromatic heterocycles. The van der Waals surface area contributed by atoms with E-state index in [1.165, 1.54) is 17.0 Å². The van der Waals surface area contributed by atoms with Gasteiger partial charge in [-0.1, -0.05) is 60.7 Å². The number of unbranched alkanes of at least 4 members (excludes halogenated alkanes) is 1. The van der Waals surface area contributed by atoms with Gasteiger partial charge in [-0.15, -0.1) is 0 Å². The largest absolute Gasteiger partial charge is 0.445 e. The number of carbonyl (C=O) groups is 2. The van der Waals surface area contributed by atoms with E-state index < -0.39 is 12.1 Å². The van der Waals surface area contributed by atoms with Gasteiger partial charge < -0.3 is 31.0 Å². The molecule has 3 aromatic carbocycles. The molecule has 3 aromatic rings. The summed E-state index contributed by atoms with van der Waals surface area (Å²) in [5.74, 6) is 0.330. The van der Waals surface area contributed by atoms with Gasteiger partial charge in [0, 0.05) is 51.0 Å². The maximum Gasteiger partial charge on any atom is 0.408 e. The van der Waals surface area contributed by atoms with Crippen LogP contribution in [0.4, 0.5) is 10.5 Å². The number of ether oxygens (including phenoxy) is 1. The predicted octanol–water partition coefficient (Wildman–Crippen LogP) is 4.35. The van der Waals surface area contributed by atoms with Crippen molar-refractivity contribution in [2.45, 2.75) is 38.3 Å². The average Bonchev–Trinajstić information content (AvgIpc) is 2.99. The predicted molar refractivity (Wildman–Crippen MR) is 160 cm³/mol. The number of benzene rings is 3. The first-order valence-electron chi connectivity index (χ1n) is 13.8. The minimum absolute atomic E-state index is 0.0957. The van der Waals surface area contributed by atoms with E-state index in [1.54, 1.807) is 0 Å². The van der Waals surface area contributed by atoms with Crippen LogP contribution in [0.2, 0.25) is 0 Å². The van der Waals surface area contributed by atoms with Gasteiger partial charge in [-0.05, 0) is 47.7 Å². The smallest absolute Gasteiger partial charge is 0.408 e. The maximum absolute atomic E-state index is 13.5. The van der Waals surface area contributed by atoms with Crippen LogP contribution in [0.25, 0.3) is 10.8 Å². The molecule has 1 aliphatic rings. The Morgan fingerprint density at radius 2 is 1.70 bits per heavy atom. The van der Waals surface area contributed by atoms with Gasteiger partial charge in [-0.3, -0.25) is 9.79 Å². The lowest BCUT2D eigenvalue weighted by molar-refractivity contribution is -0.133. The van der Waals surface area contributed by atoms with Gasteiger partial charge in [-0.25, -0.2) is 4.79 Å². The van der Waals surface area contributed by atoms with Gasteiger partial charge in [0.25, 0.3) is 0 Å². The van der Waals surface area contributed by atoms with Crippen LogP contribution in [0.3, 0.4) is 0 Å². The highest BCUT2D eigenvalue weighted by Crippen LogP contribution is 2.23. The molecule has 0 spiro atoms. The Bertz CT molecular complexity index is 1300. The summed E-state index contributed by atoms with van der Waals surface area (Å²) in [5.41, 5.74) is 7.79. The monoisotopic (exact) mass is 542 g/mol. The van der Waals surface area contributed by atoms with Crippen molar-refractivity contribution in [3.05, 3.63) is 78.4 Å². The zero-order valence-corrected chi connectivity index (χ0v) is 22.8. The Morgan fingerprint density at radius 1 is 0.975 bits per heavy atom. The lowest BCUT2D eigenvalue weighted by atomic mass is 10.1. The van der Waals surface area contributed by atoms with E-state index in [4.69, 9.17) is 15.9 Å². The summed E-state index contributed by atoms with van der Waals surface area (Å²) in [7, 11) is 0. The summed E-state index contributed by atoms with van der Waals surface area (Å²) in [4.78, 5) is 34.6. The number of amides is 2. The average molecular weight is 543 g/mol. The zero-order chi connectivity index (χ0) is 28.2. The number of nitrogens with zero attached hydrogens (tertiary/aromatic N) is 3. The molecule has 1 unspecified atom stereocenters. The minimum atomic E-state index is -0.682. The number of nitrogens with one attached hydrogen (secondary N) is 2. The first-order chi connectivity index (χ1) is 19.5. The second-order valence-corrected chi connectivity index (χ2v) is 9.88. The number of fused-ring (bicyclic) bond motifs is 1. The standard InChI is InChI=1S/C31H38N6O3/c32-16-15-29(33)34-17-7-6-12-28(35-31(39)40-23-24-8-2-1-3-9-24)30(38)37-20-18-36(19-21-37)27-14-13-25-10-4-5-11-26(25)22-27/h1-5,8-11,13-14,16,22,28,32H,6-7,12,15,17-21,23H2,(H2,33,34)(H,35,39). The number of amidine groups is 1. The highest BCUT2D eigenvalue weighted by atomic mass is 16.5. The van der Waals surface area contributed by atoms with Crippen LogP contribution in [-0.4, -0.2) is 67.7 Å². The van der Waals surface area contributed by atoms with Crippen LogP contribution in [-0.2, 0) is 16.1 Å². The molecule has 4 N–H and O–H groups in total. The fourth-order valence-corrected chi connectivity index (χ4v) is 4.80. The number of nitrogens with two attached hydrogens (primary N) is 1. The number of piperazine rings is 1. The lowest BCUT2D eigenvalue weighted by Crippen LogP contribution is -2.55. The summed E-state index contributed by atoms with van der Waals surface area (Å²) < 4.78 is 5.40. The number of rotatable bonds is 12. The van der Waals surface area contributed by atoms with Gasteiger partial charge in [0.15, 0.2) is 0 Å². The highest BCUT2D eigenvalue weighted by molar-refractivity contribution is 5.91. The van der Waals surface area contributed by atoms with Crippen LogP contribution < -0.4 is 16.0 Å². The Balaban J connectivity index is 1.33. The second kappa shape index (κ2) is 14.7. The molecule has 210 valence electrons. The Morgan fingerprint density at radius 3 is 2.45 bits per heavy atom. The maximum atomic E-state index is 13.5. The molecule has 0 saturated carbocycles. The molecule has 1 fully saturated rings. The number of anilines is 1. The number of hydrogen-bond donors (Lipinski definition) is 3. The molecule has 0 radical (unpaired) electrons. The summed E-state index contributed by atoms with van der Waals surface area (Å²) in [6.45, 7) is 3.25. The molecule has 9 heteroatoms. The topological polar surface area (TPSA) is 124 Å². The van der Waals surface area contributed by atoms with E-state index in [0.29, 0.717) is 44.7 Å². The van der Waals surface area contributed by atoms with Crippen LogP contribution in [0.5, 0.6) is 0 Å². The number of carbonyl (C=O) groups excluding carboxylic acids is 2. The quantitative estimate of drug-likeness (QED) is 0.178. The van der Waals surface area contributed by atoms with Crippen LogP contribution >= 0.6 is 0 Å². The molecule has 0 bridgehead atoms. The fourth-order valence-electron chi connectivity index (χ4n) is 4.80. The lowest BCUT2D eigenvalue weighted by Gasteiger charge is -2.37. The molecule has 1 atom stereocenters. The molecule has 1 heterocycles. The summed E-state index contributed by atoms with van der Waals surface area (Å²) in [6, 6.07) is 23.5. The summed E-state index contributed by atoms with van der Waals surface area (Å²) >= 11 is 0. The Labute approximate surface area is 235 Å². The van der Waals surface area contributed by atoms with Crippen molar-refractivity contribution in [2.24, 2.45) is 10.7 Å². The third-order valence-corrected chi connectivity index (χ3v) is 7.02. The first kappa shape index (κ1) is 28.6. The van der Waals surface area contributed by atoms with Crippen molar-refractivity contribution in [2.75, 3.05) is 37.6 Å². The SMILES string of the molecule is N=CCC(N)=NCCCCC(NC(=O)OCc1ccccc1)C(=O)N1CCN(c2ccc3ccccc3c2)CC1. The molecule has 4 rings (SSSR count). The van der Waals surface area contributed by atoms with Gasteiger partial charge in [0.1, 0.15) is 12.6 Å². The van der Waals surface area contributed by atoms with E-state index in [9.17, 15) is 9.59 Å². The molecule has 1 aliphatic heterocycles. The molecule has 40 heavy (non-hydrogen) atoms. The second-order valence-electron chi connectivity index (χ2n) is 9.88. The molecule has 2 amide bonds. The van der Waals surface area contributed by atoms with Gasteiger partial charge in [-0.2, -0.15) is 0 Å². The normalized spacial score (nSPS) is 14.6. The Kier molecular flexibility index (Phi) is 10.5. The summed E-state index contributed by atoms with van der Waals surface area (Å²) in [6.07, 6.45) is 2.83. The van der Waals surface area contributed by atoms with E-state index >= 15 is 0 Å².